The van der Waals surface area contributed by atoms with Crippen LogP contribution in [-0.2, 0) is 9.59 Å². The highest BCUT2D eigenvalue weighted by atomic mass is 32.1. The van der Waals surface area contributed by atoms with E-state index in [1.807, 2.05) is 0 Å². The molecule has 0 saturated carbocycles. The van der Waals surface area contributed by atoms with Gasteiger partial charge in [-0.2, -0.15) is 12.6 Å². The van der Waals surface area contributed by atoms with Crippen LogP contribution < -0.4 is 5.32 Å². The van der Waals surface area contributed by atoms with E-state index in [1.165, 1.54) is 19.8 Å². The highest BCUT2D eigenvalue weighted by molar-refractivity contribution is 7.80. The van der Waals surface area contributed by atoms with E-state index in [9.17, 15) is 14.7 Å². The summed E-state index contributed by atoms with van der Waals surface area (Å²) in [6, 6.07) is -0.273. The number of rotatable bonds is 9. The van der Waals surface area contributed by atoms with Gasteiger partial charge in [0.25, 0.3) is 0 Å². The molecule has 1 rings (SSSR count). The molecule has 1 heterocycles. The van der Waals surface area contributed by atoms with Crippen LogP contribution in [0, 0.1) is 5.92 Å². The number of amides is 1. The lowest BCUT2D eigenvalue weighted by molar-refractivity contribution is -0.132. The number of unbranched alkanes of at least 4 members (excludes halogenated alkanes) is 2. The number of Topliss-reactive ketones (excluding diaryl/α,β-unsaturated/α-hetero) is 1. The van der Waals surface area contributed by atoms with Crippen molar-refractivity contribution in [2.24, 2.45) is 5.92 Å². The SMILES string of the molecule is CCCCC(S)CCCCC1NC(=O)C(C(C)=O)C1O. The van der Waals surface area contributed by atoms with Gasteiger partial charge in [0.2, 0.25) is 5.91 Å². The lowest BCUT2D eigenvalue weighted by Crippen LogP contribution is -2.32. The summed E-state index contributed by atoms with van der Waals surface area (Å²) < 4.78 is 0. The summed E-state index contributed by atoms with van der Waals surface area (Å²) in [5.74, 6) is -1.46. The molecule has 116 valence electrons. The number of nitrogens with one attached hydrogen (secondary N) is 1. The third-order valence-corrected chi connectivity index (χ3v) is 4.51. The van der Waals surface area contributed by atoms with Gasteiger partial charge in [-0.1, -0.05) is 32.6 Å². The lowest BCUT2D eigenvalue weighted by atomic mass is 9.94. The smallest absolute Gasteiger partial charge is 0.233 e. The molecule has 0 spiro atoms. The predicted octanol–water partition coefficient (Wildman–Crippen LogP) is 2.10. The Hall–Kier alpha value is -0.550. The van der Waals surface area contributed by atoms with Gasteiger partial charge in [-0.3, -0.25) is 9.59 Å². The zero-order chi connectivity index (χ0) is 15.1. The zero-order valence-electron chi connectivity index (χ0n) is 12.5. The molecule has 5 heteroatoms. The molecule has 2 N–H and O–H groups in total. The highest BCUT2D eigenvalue weighted by Crippen LogP contribution is 2.22. The van der Waals surface area contributed by atoms with E-state index >= 15 is 0 Å². The van der Waals surface area contributed by atoms with Crippen LogP contribution in [0.15, 0.2) is 0 Å². The molecule has 0 aromatic carbocycles. The molecule has 0 radical (unpaired) electrons. The Labute approximate surface area is 127 Å². The fraction of sp³-hybridized carbons (Fsp3) is 0.867. The number of thiol groups is 1. The van der Waals surface area contributed by atoms with Gasteiger partial charge in [0.15, 0.2) is 0 Å². The van der Waals surface area contributed by atoms with E-state index in [-0.39, 0.29) is 17.7 Å². The van der Waals surface area contributed by atoms with Crippen molar-refractivity contribution < 1.29 is 14.7 Å². The third kappa shape index (κ3) is 5.09. The van der Waals surface area contributed by atoms with Gasteiger partial charge in [-0.15, -0.1) is 0 Å². The van der Waals surface area contributed by atoms with Crippen molar-refractivity contribution in [3.8, 4) is 0 Å². The first kappa shape index (κ1) is 17.5. The van der Waals surface area contributed by atoms with Crippen LogP contribution in [0.2, 0.25) is 0 Å². The molecule has 1 fully saturated rings. The average Bonchev–Trinajstić information content (AvgIpc) is 2.67. The third-order valence-electron chi connectivity index (χ3n) is 4.00. The van der Waals surface area contributed by atoms with Crippen LogP contribution >= 0.6 is 12.6 Å². The molecule has 0 bridgehead atoms. The van der Waals surface area contributed by atoms with Gasteiger partial charge >= 0.3 is 0 Å². The first-order valence-corrected chi connectivity index (χ1v) is 8.16. The summed E-state index contributed by atoms with van der Waals surface area (Å²) in [7, 11) is 0. The lowest BCUT2D eigenvalue weighted by Gasteiger charge is -2.16. The number of ketones is 1. The van der Waals surface area contributed by atoms with Gasteiger partial charge in [-0.05, 0) is 26.2 Å². The molecule has 4 nitrogen and oxygen atoms in total. The summed E-state index contributed by atoms with van der Waals surface area (Å²) in [4.78, 5) is 22.9. The van der Waals surface area contributed by atoms with Crippen molar-refractivity contribution in [1.82, 2.24) is 5.32 Å². The minimum Gasteiger partial charge on any atom is -0.390 e. The Morgan fingerprint density at radius 2 is 2.00 bits per heavy atom. The summed E-state index contributed by atoms with van der Waals surface area (Å²) in [5, 5.41) is 13.2. The van der Waals surface area contributed by atoms with Crippen LogP contribution in [0.3, 0.4) is 0 Å². The number of hydrogen-bond acceptors (Lipinski definition) is 4. The van der Waals surface area contributed by atoms with Crippen molar-refractivity contribution in [2.75, 3.05) is 0 Å². The summed E-state index contributed by atoms with van der Waals surface area (Å²) in [6.45, 7) is 3.53. The molecule has 0 aromatic rings. The van der Waals surface area contributed by atoms with Gasteiger partial charge < -0.3 is 10.4 Å². The van der Waals surface area contributed by atoms with E-state index in [4.69, 9.17) is 0 Å². The fourth-order valence-electron chi connectivity index (χ4n) is 2.74. The Morgan fingerprint density at radius 1 is 1.35 bits per heavy atom. The minimum absolute atomic E-state index is 0.257. The van der Waals surface area contributed by atoms with Crippen LogP contribution in [0.4, 0.5) is 0 Å². The molecule has 1 amide bonds. The zero-order valence-corrected chi connectivity index (χ0v) is 13.4. The average molecular weight is 301 g/mol. The molecule has 4 unspecified atom stereocenters. The largest absolute Gasteiger partial charge is 0.390 e. The minimum atomic E-state index is -0.873. The van der Waals surface area contributed by atoms with Crippen LogP contribution in [0.25, 0.3) is 0 Å². The first-order chi connectivity index (χ1) is 9.47. The van der Waals surface area contributed by atoms with E-state index in [1.54, 1.807) is 0 Å². The molecule has 1 saturated heterocycles. The number of aliphatic hydroxyl groups excluding tert-OH is 1. The Bertz CT molecular complexity index is 335. The summed E-state index contributed by atoms with van der Waals surface area (Å²) in [6.07, 6.45) is 6.47. The molecule has 20 heavy (non-hydrogen) atoms. The number of aliphatic hydroxyl groups is 1. The molecule has 1 aliphatic rings. The van der Waals surface area contributed by atoms with E-state index in [2.05, 4.69) is 24.9 Å². The van der Waals surface area contributed by atoms with E-state index < -0.39 is 12.0 Å². The second-order valence-electron chi connectivity index (χ2n) is 5.77. The monoisotopic (exact) mass is 301 g/mol. The maximum absolute atomic E-state index is 11.6. The fourth-order valence-corrected chi connectivity index (χ4v) is 3.11. The Balaban J connectivity index is 2.23. The number of hydrogen-bond donors (Lipinski definition) is 3. The molecule has 0 aliphatic carbocycles. The van der Waals surface area contributed by atoms with E-state index in [0.717, 1.165) is 32.1 Å². The Morgan fingerprint density at radius 3 is 2.55 bits per heavy atom. The molecule has 4 atom stereocenters. The van der Waals surface area contributed by atoms with Gasteiger partial charge in [-0.25, -0.2) is 0 Å². The second-order valence-corrected chi connectivity index (χ2v) is 6.50. The quantitative estimate of drug-likeness (QED) is 0.347. The topological polar surface area (TPSA) is 66.4 Å². The van der Waals surface area contributed by atoms with E-state index in [0.29, 0.717) is 5.25 Å². The summed E-state index contributed by atoms with van der Waals surface area (Å²) in [5.41, 5.74) is 0. The van der Waals surface area contributed by atoms with Gasteiger partial charge in [0.1, 0.15) is 11.7 Å². The Kier molecular flexibility index (Phi) is 7.59. The molecule has 1 aliphatic heterocycles. The van der Waals surface area contributed by atoms with Crippen LogP contribution in [0.5, 0.6) is 0 Å². The van der Waals surface area contributed by atoms with Gasteiger partial charge in [0, 0.05) is 5.25 Å². The predicted molar refractivity (Wildman–Crippen MR) is 82.9 cm³/mol. The molecular formula is C15H27NO3S. The van der Waals surface area contributed by atoms with Crippen molar-refractivity contribution in [3.05, 3.63) is 0 Å². The highest BCUT2D eigenvalue weighted by Gasteiger charge is 2.43. The molecule has 0 aromatic heterocycles. The maximum atomic E-state index is 11.6. The van der Waals surface area contributed by atoms with Crippen LogP contribution in [-0.4, -0.2) is 34.2 Å². The standard InChI is InChI=1S/C15H27NO3S/c1-3-4-7-11(20)8-5-6-9-12-14(18)13(10(2)17)15(19)16-12/h11-14,18,20H,3-9H2,1-2H3,(H,16,19). The second kappa shape index (κ2) is 8.67. The van der Waals surface area contributed by atoms with Crippen molar-refractivity contribution in [1.29, 1.82) is 0 Å². The maximum Gasteiger partial charge on any atom is 0.233 e. The van der Waals surface area contributed by atoms with Crippen molar-refractivity contribution in [2.45, 2.75) is 76.2 Å². The number of carbonyl (C=O) groups is 2. The molecular weight excluding hydrogens is 274 g/mol. The van der Waals surface area contributed by atoms with Crippen molar-refractivity contribution >= 4 is 24.3 Å². The van der Waals surface area contributed by atoms with Crippen LogP contribution in [0.1, 0.15) is 58.8 Å². The van der Waals surface area contributed by atoms with Crippen molar-refractivity contribution in [3.63, 3.8) is 0 Å². The normalized spacial score (nSPS) is 27.4. The number of carbonyl (C=O) groups excluding carboxylic acids is 2. The van der Waals surface area contributed by atoms with Gasteiger partial charge in [0.05, 0.1) is 12.1 Å². The summed E-state index contributed by atoms with van der Waals surface area (Å²) >= 11 is 4.56. The first-order valence-electron chi connectivity index (χ1n) is 7.64.